The average Bonchev–Trinajstić information content (AvgIpc) is 2.29. The van der Waals surface area contributed by atoms with Gasteiger partial charge in [-0.1, -0.05) is 39.0 Å². The molecule has 0 fully saturated rings. The first-order chi connectivity index (χ1) is 7.75. The van der Waals surface area contributed by atoms with Gasteiger partial charge in [-0.2, -0.15) is 0 Å². The molecule has 0 spiro atoms. The molecule has 1 aromatic heterocycles. The Kier molecular flexibility index (Phi) is 4.41. The number of hydrogen-bond donors (Lipinski definition) is 0. The molecule has 0 radical (unpaired) electrons. The predicted molar refractivity (Wildman–Crippen MR) is 56.9 cm³/mol. The largest absolute Gasteiger partial charge is 0.139 e. The number of rotatable bonds is 7. The first-order valence-electron chi connectivity index (χ1n) is 6.41. The molecule has 3 nitrogen and oxygen atoms in total. The highest BCUT2D eigenvalue weighted by molar-refractivity contribution is 4.94. The topological polar surface area (TPSA) is 38.7 Å². The molecule has 0 aliphatic heterocycles. The fourth-order valence-corrected chi connectivity index (χ4v) is 1.40. The molecular weight excluding hydrogens is 174 g/mol. The quantitative estimate of drug-likeness (QED) is 0.628. The van der Waals surface area contributed by atoms with E-state index in [0.29, 0.717) is 5.69 Å². The monoisotopic (exact) mass is 195 g/mol. The Hall–Kier alpha value is -0.990. The lowest BCUT2D eigenvalue weighted by atomic mass is 10.1. The lowest BCUT2D eigenvalue weighted by Crippen LogP contribution is -1.94. The van der Waals surface area contributed by atoms with E-state index >= 15 is 0 Å². The van der Waals surface area contributed by atoms with E-state index in [0.717, 1.165) is 19.3 Å². The molecule has 0 saturated carbocycles. The smallest absolute Gasteiger partial charge is 0.0861 e. The average molecular weight is 195 g/mol. The van der Waals surface area contributed by atoms with Crippen LogP contribution >= 0.6 is 0 Å². The molecule has 3 heteroatoms. The molecule has 1 aromatic rings. The van der Waals surface area contributed by atoms with Gasteiger partial charge in [-0.3, -0.25) is 0 Å². The van der Waals surface area contributed by atoms with Crippen molar-refractivity contribution in [2.45, 2.75) is 51.9 Å². The summed E-state index contributed by atoms with van der Waals surface area (Å²) in [6, 6.07) is 0.128. The Labute approximate surface area is 88.8 Å². The maximum atomic E-state index is 7.59. The van der Waals surface area contributed by atoms with Crippen LogP contribution in [0, 0.1) is 0 Å². The van der Waals surface area contributed by atoms with Crippen LogP contribution in [0.2, 0.25) is 0 Å². The number of aromatic nitrogens is 3. The highest BCUT2D eigenvalue weighted by Gasteiger charge is 1.94. The molecule has 0 N–H and O–H groups in total. The van der Waals surface area contributed by atoms with Crippen molar-refractivity contribution < 1.29 is 2.74 Å². The maximum Gasteiger partial charge on any atom is 0.0861 e. The van der Waals surface area contributed by atoms with Gasteiger partial charge in [-0.15, -0.1) is 10.2 Å². The summed E-state index contributed by atoms with van der Waals surface area (Å²) in [6.45, 7) is 2.20. The second kappa shape index (κ2) is 7.42. The zero-order valence-corrected chi connectivity index (χ0v) is 8.79. The second-order valence-electron chi connectivity index (χ2n) is 3.49. The summed E-state index contributed by atoms with van der Waals surface area (Å²) in [5.41, 5.74) is 0.607. The lowest BCUT2D eigenvalue weighted by molar-refractivity contribution is 0.601. The van der Waals surface area contributed by atoms with Crippen LogP contribution in [0.4, 0.5) is 0 Å². The van der Waals surface area contributed by atoms with Crippen LogP contribution in [0.15, 0.2) is 12.2 Å². The number of hydrogen-bond acceptors (Lipinski definition) is 3. The number of unbranched alkanes of at least 4 members (excludes halogenated alkanes) is 5. The number of aryl methyl sites for hydroxylation is 1. The third-order valence-corrected chi connectivity index (χ3v) is 2.23. The van der Waals surface area contributed by atoms with Gasteiger partial charge < -0.3 is 0 Å². The molecular formula is C11H19N3. The van der Waals surface area contributed by atoms with Crippen LogP contribution in [-0.4, -0.2) is 15.4 Å². The summed E-state index contributed by atoms with van der Waals surface area (Å²) in [4.78, 5) is 0. The van der Waals surface area contributed by atoms with Crippen molar-refractivity contribution in [2.75, 3.05) is 0 Å². The zero-order valence-electron chi connectivity index (χ0n) is 10.8. The van der Waals surface area contributed by atoms with E-state index in [9.17, 15) is 0 Å². The van der Waals surface area contributed by atoms with Crippen LogP contribution in [0.5, 0.6) is 0 Å². The van der Waals surface area contributed by atoms with E-state index in [1.165, 1.54) is 25.7 Å². The summed E-state index contributed by atoms with van der Waals surface area (Å²) >= 11 is 0. The second-order valence-corrected chi connectivity index (χ2v) is 3.49. The molecule has 0 atom stereocenters. The molecule has 78 valence electrons. The molecule has 0 amide bonds. The SMILES string of the molecule is [2H]c1nnnc(CCCCCCCC)c1[2H]. The molecule has 0 bridgehead atoms. The van der Waals surface area contributed by atoms with E-state index in [4.69, 9.17) is 2.74 Å². The molecule has 0 unspecified atom stereocenters. The minimum atomic E-state index is -0.0732. The van der Waals surface area contributed by atoms with Crippen molar-refractivity contribution in [3.05, 3.63) is 17.9 Å². The molecule has 0 aliphatic carbocycles. The fourth-order valence-electron chi connectivity index (χ4n) is 1.40. The van der Waals surface area contributed by atoms with Gasteiger partial charge >= 0.3 is 0 Å². The van der Waals surface area contributed by atoms with Gasteiger partial charge in [0.1, 0.15) is 0 Å². The van der Waals surface area contributed by atoms with Gasteiger partial charge in [-0.05, 0) is 24.1 Å². The summed E-state index contributed by atoms with van der Waals surface area (Å²) in [5.74, 6) is 0. The Balaban J connectivity index is 2.24. The van der Waals surface area contributed by atoms with Crippen molar-refractivity contribution in [3.8, 4) is 0 Å². The minimum Gasteiger partial charge on any atom is -0.139 e. The van der Waals surface area contributed by atoms with E-state index in [1.807, 2.05) is 0 Å². The first-order valence-corrected chi connectivity index (χ1v) is 5.41. The maximum absolute atomic E-state index is 7.59. The summed E-state index contributed by atoms with van der Waals surface area (Å²) in [5, 5.41) is 10.7. The summed E-state index contributed by atoms with van der Waals surface area (Å²) in [7, 11) is 0. The molecule has 14 heavy (non-hydrogen) atoms. The van der Waals surface area contributed by atoms with Gasteiger partial charge in [-0.25, -0.2) is 0 Å². The van der Waals surface area contributed by atoms with Gasteiger partial charge in [0.2, 0.25) is 0 Å². The standard InChI is InChI=1S/C11H19N3/c1-2-3-4-5-6-7-8-11-9-10-12-14-13-11/h9-10H,2-8H2,1H3/i9D,10D. The van der Waals surface area contributed by atoms with Crippen molar-refractivity contribution in [1.82, 2.24) is 15.4 Å². The normalized spacial score (nSPS) is 12.4. The first kappa shape index (κ1) is 8.33. The third kappa shape index (κ3) is 4.90. The van der Waals surface area contributed by atoms with Crippen LogP contribution in [0.1, 0.15) is 53.9 Å². The Morgan fingerprint density at radius 1 is 1.21 bits per heavy atom. The molecule has 0 saturated heterocycles. The van der Waals surface area contributed by atoms with Crippen LogP contribution in [0.25, 0.3) is 0 Å². The van der Waals surface area contributed by atoms with Crippen LogP contribution in [-0.2, 0) is 6.42 Å². The summed E-state index contributed by atoms with van der Waals surface area (Å²) in [6.07, 6.45) is 7.95. The van der Waals surface area contributed by atoms with Gasteiger partial charge in [0.05, 0.1) is 14.6 Å². The van der Waals surface area contributed by atoms with Gasteiger partial charge in [0, 0.05) is 0 Å². The van der Waals surface area contributed by atoms with Gasteiger partial charge in [0.25, 0.3) is 0 Å². The lowest BCUT2D eigenvalue weighted by Gasteiger charge is -1.99. The zero-order chi connectivity index (χ0) is 11.8. The van der Waals surface area contributed by atoms with Crippen molar-refractivity contribution in [1.29, 1.82) is 0 Å². The van der Waals surface area contributed by atoms with Crippen molar-refractivity contribution >= 4 is 0 Å². The van der Waals surface area contributed by atoms with Crippen LogP contribution < -0.4 is 0 Å². The van der Waals surface area contributed by atoms with E-state index in [1.54, 1.807) is 0 Å². The Bertz CT molecular complexity index is 318. The van der Waals surface area contributed by atoms with Crippen molar-refractivity contribution in [3.63, 3.8) is 0 Å². The Morgan fingerprint density at radius 2 is 2.00 bits per heavy atom. The van der Waals surface area contributed by atoms with E-state index in [-0.39, 0.29) is 12.2 Å². The molecule has 1 heterocycles. The molecule has 1 rings (SSSR count). The fraction of sp³-hybridized carbons (Fsp3) is 0.727. The van der Waals surface area contributed by atoms with E-state index < -0.39 is 0 Å². The molecule has 0 aliphatic rings. The van der Waals surface area contributed by atoms with Gasteiger partial charge in [0.15, 0.2) is 0 Å². The predicted octanol–water partition coefficient (Wildman–Crippen LogP) is 2.77. The molecule has 0 aromatic carbocycles. The highest BCUT2D eigenvalue weighted by atomic mass is 15.3. The van der Waals surface area contributed by atoms with Crippen LogP contribution in [0.3, 0.4) is 0 Å². The minimum absolute atomic E-state index is 0.0732. The van der Waals surface area contributed by atoms with Crippen molar-refractivity contribution in [2.24, 2.45) is 0 Å². The number of nitrogens with zero attached hydrogens (tertiary/aromatic N) is 3. The summed E-state index contributed by atoms with van der Waals surface area (Å²) < 4.78 is 14.9. The van der Waals surface area contributed by atoms with E-state index in [2.05, 4.69) is 22.3 Å². The Morgan fingerprint density at radius 3 is 2.86 bits per heavy atom. The third-order valence-electron chi connectivity index (χ3n) is 2.23. The highest BCUT2D eigenvalue weighted by Crippen LogP contribution is 2.07.